The predicted octanol–water partition coefficient (Wildman–Crippen LogP) is 2.82. The number of likely N-dealkylation sites (N-methyl/N-ethyl adjacent to an activating group) is 1. The molecule has 3 aromatic rings. The van der Waals surface area contributed by atoms with E-state index in [0.29, 0.717) is 17.9 Å². The Morgan fingerprint density at radius 1 is 1.32 bits per heavy atom. The van der Waals surface area contributed by atoms with Gasteiger partial charge in [0.15, 0.2) is 6.10 Å². The first-order valence-corrected chi connectivity index (χ1v) is 9.26. The van der Waals surface area contributed by atoms with Gasteiger partial charge in [0.25, 0.3) is 5.91 Å². The molecule has 1 aromatic carbocycles. The molecule has 0 N–H and O–H groups in total. The van der Waals surface area contributed by atoms with Crippen LogP contribution < -0.4 is 10.4 Å². The molecule has 7 nitrogen and oxygen atoms in total. The number of amides is 1. The fraction of sp³-hybridized carbons (Fsp3) is 0.381. The SMILES string of the molecule is CCc1cc(=O)oc2cc(OC(C)C(=O)N(C)Cc3cn(C)nc3C)ccc12. The topological polar surface area (TPSA) is 77.6 Å². The second-order valence-electron chi connectivity index (χ2n) is 6.97. The molecule has 3 rings (SSSR count). The van der Waals surface area contributed by atoms with Gasteiger partial charge in [-0.05, 0) is 38.0 Å². The van der Waals surface area contributed by atoms with Gasteiger partial charge in [0, 0.05) is 49.9 Å². The Morgan fingerprint density at radius 3 is 2.71 bits per heavy atom. The molecule has 0 saturated heterocycles. The van der Waals surface area contributed by atoms with Crippen molar-refractivity contribution in [2.45, 2.75) is 39.8 Å². The van der Waals surface area contributed by atoms with Crippen molar-refractivity contribution in [1.82, 2.24) is 14.7 Å². The average molecular weight is 383 g/mol. The van der Waals surface area contributed by atoms with Crippen LogP contribution in [0, 0.1) is 6.92 Å². The number of nitrogens with zero attached hydrogens (tertiary/aromatic N) is 3. The van der Waals surface area contributed by atoms with Crippen molar-refractivity contribution in [2.24, 2.45) is 7.05 Å². The highest BCUT2D eigenvalue weighted by Gasteiger charge is 2.21. The van der Waals surface area contributed by atoms with Crippen LogP contribution in [0.25, 0.3) is 11.0 Å². The van der Waals surface area contributed by atoms with Crippen molar-refractivity contribution in [3.63, 3.8) is 0 Å². The number of hydrogen-bond donors (Lipinski definition) is 0. The standard InChI is InChI=1S/C21H25N3O4/c1-6-15-9-20(25)28-19-10-17(7-8-18(15)19)27-14(3)21(26)23(4)11-16-12-24(5)22-13(16)2/h7-10,12,14H,6,11H2,1-5H3. The maximum atomic E-state index is 12.7. The number of fused-ring (bicyclic) bond motifs is 1. The third kappa shape index (κ3) is 4.08. The molecule has 0 spiro atoms. The van der Waals surface area contributed by atoms with E-state index in [9.17, 15) is 9.59 Å². The highest BCUT2D eigenvalue weighted by molar-refractivity contribution is 5.83. The number of hydrogen-bond acceptors (Lipinski definition) is 5. The van der Waals surface area contributed by atoms with Gasteiger partial charge < -0.3 is 14.1 Å². The van der Waals surface area contributed by atoms with Crippen molar-refractivity contribution in [1.29, 1.82) is 0 Å². The number of benzene rings is 1. The Labute approximate surface area is 163 Å². The molecule has 1 amide bonds. The van der Waals surface area contributed by atoms with Gasteiger partial charge in [-0.3, -0.25) is 9.48 Å². The summed E-state index contributed by atoms with van der Waals surface area (Å²) in [4.78, 5) is 26.0. The van der Waals surface area contributed by atoms with Gasteiger partial charge in [-0.15, -0.1) is 0 Å². The Kier molecular flexibility index (Phi) is 5.53. The maximum absolute atomic E-state index is 12.7. The molecular weight excluding hydrogens is 358 g/mol. The largest absolute Gasteiger partial charge is 0.481 e. The molecule has 0 fully saturated rings. The van der Waals surface area contributed by atoms with Crippen LogP contribution in [0.4, 0.5) is 0 Å². The summed E-state index contributed by atoms with van der Waals surface area (Å²) >= 11 is 0. The first-order chi connectivity index (χ1) is 13.3. The predicted molar refractivity (Wildman–Crippen MR) is 106 cm³/mol. The number of ether oxygens (including phenoxy) is 1. The summed E-state index contributed by atoms with van der Waals surface area (Å²) in [6.07, 6.45) is 1.96. The lowest BCUT2D eigenvalue weighted by atomic mass is 10.1. The van der Waals surface area contributed by atoms with E-state index in [2.05, 4.69) is 5.10 Å². The first kappa shape index (κ1) is 19.7. The van der Waals surface area contributed by atoms with Gasteiger partial charge in [-0.1, -0.05) is 6.92 Å². The van der Waals surface area contributed by atoms with Gasteiger partial charge in [-0.2, -0.15) is 5.10 Å². The summed E-state index contributed by atoms with van der Waals surface area (Å²) in [6, 6.07) is 6.80. The Hall–Kier alpha value is -3.09. The lowest BCUT2D eigenvalue weighted by molar-refractivity contribution is -0.137. The van der Waals surface area contributed by atoms with Gasteiger partial charge in [0.2, 0.25) is 0 Å². The van der Waals surface area contributed by atoms with Crippen molar-refractivity contribution >= 4 is 16.9 Å². The quantitative estimate of drug-likeness (QED) is 0.612. The minimum atomic E-state index is -0.680. The number of carbonyl (C=O) groups is 1. The lowest BCUT2D eigenvalue weighted by Gasteiger charge is -2.22. The summed E-state index contributed by atoms with van der Waals surface area (Å²) in [7, 11) is 3.59. The molecule has 0 aliphatic rings. The van der Waals surface area contributed by atoms with Crippen molar-refractivity contribution in [2.75, 3.05) is 7.05 Å². The summed E-state index contributed by atoms with van der Waals surface area (Å²) in [5, 5.41) is 5.17. The fourth-order valence-electron chi connectivity index (χ4n) is 3.28. The second-order valence-corrected chi connectivity index (χ2v) is 6.97. The Bertz CT molecular complexity index is 1070. The van der Waals surface area contributed by atoms with E-state index in [1.165, 1.54) is 6.07 Å². The van der Waals surface area contributed by atoms with Crippen LogP contribution in [0.1, 0.15) is 30.7 Å². The van der Waals surface area contributed by atoms with Gasteiger partial charge in [-0.25, -0.2) is 4.79 Å². The van der Waals surface area contributed by atoms with Crippen molar-refractivity contribution in [3.8, 4) is 5.75 Å². The molecule has 1 unspecified atom stereocenters. The van der Waals surface area contributed by atoms with E-state index in [1.807, 2.05) is 33.2 Å². The summed E-state index contributed by atoms with van der Waals surface area (Å²) < 4.78 is 12.8. The third-order valence-corrected chi connectivity index (χ3v) is 4.74. The first-order valence-electron chi connectivity index (χ1n) is 9.26. The molecule has 0 aliphatic carbocycles. The van der Waals surface area contributed by atoms with E-state index in [0.717, 1.165) is 28.6 Å². The molecule has 7 heteroatoms. The number of rotatable bonds is 6. The average Bonchev–Trinajstić information content (AvgIpc) is 2.96. The van der Waals surface area contributed by atoms with Crippen LogP contribution in [0.2, 0.25) is 0 Å². The van der Waals surface area contributed by atoms with E-state index < -0.39 is 11.7 Å². The van der Waals surface area contributed by atoms with Crippen LogP contribution in [0.15, 0.2) is 39.7 Å². The number of aromatic nitrogens is 2. The smallest absolute Gasteiger partial charge is 0.336 e. The molecule has 2 aromatic heterocycles. The Morgan fingerprint density at radius 2 is 2.07 bits per heavy atom. The van der Waals surface area contributed by atoms with Gasteiger partial charge in [0.05, 0.1) is 5.69 Å². The third-order valence-electron chi connectivity index (χ3n) is 4.74. The van der Waals surface area contributed by atoms with E-state index in [4.69, 9.17) is 9.15 Å². The van der Waals surface area contributed by atoms with E-state index in [-0.39, 0.29) is 5.91 Å². The molecule has 28 heavy (non-hydrogen) atoms. The van der Waals surface area contributed by atoms with Crippen LogP contribution in [0.3, 0.4) is 0 Å². The minimum Gasteiger partial charge on any atom is -0.481 e. The van der Waals surface area contributed by atoms with E-state index in [1.54, 1.807) is 35.7 Å². The minimum absolute atomic E-state index is 0.146. The zero-order valence-electron chi connectivity index (χ0n) is 16.9. The zero-order chi connectivity index (χ0) is 20.4. The van der Waals surface area contributed by atoms with Crippen LogP contribution in [0.5, 0.6) is 5.75 Å². The molecule has 0 radical (unpaired) electrons. The second kappa shape index (κ2) is 7.88. The fourth-order valence-corrected chi connectivity index (χ4v) is 3.28. The highest BCUT2D eigenvalue weighted by atomic mass is 16.5. The summed E-state index contributed by atoms with van der Waals surface area (Å²) in [5.74, 6) is 0.336. The number of aryl methyl sites for hydroxylation is 3. The van der Waals surface area contributed by atoms with Crippen molar-refractivity contribution < 1.29 is 13.9 Å². The zero-order valence-corrected chi connectivity index (χ0v) is 16.9. The van der Waals surface area contributed by atoms with Crippen LogP contribution >= 0.6 is 0 Å². The maximum Gasteiger partial charge on any atom is 0.336 e. The van der Waals surface area contributed by atoms with Gasteiger partial charge >= 0.3 is 5.63 Å². The molecular formula is C21H25N3O4. The number of carbonyl (C=O) groups excluding carboxylic acids is 1. The monoisotopic (exact) mass is 383 g/mol. The molecule has 0 aliphatic heterocycles. The van der Waals surface area contributed by atoms with Crippen LogP contribution in [-0.2, 0) is 24.8 Å². The molecule has 0 bridgehead atoms. The molecule has 148 valence electrons. The normalized spacial score (nSPS) is 12.2. The van der Waals surface area contributed by atoms with E-state index >= 15 is 0 Å². The van der Waals surface area contributed by atoms with Gasteiger partial charge in [0.1, 0.15) is 11.3 Å². The Balaban J connectivity index is 1.74. The molecule has 1 atom stereocenters. The summed E-state index contributed by atoms with van der Waals surface area (Å²) in [5.41, 5.74) is 2.88. The molecule has 0 saturated carbocycles. The van der Waals surface area contributed by atoms with Crippen LogP contribution in [-0.4, -0.2) is 33.7 Å². The summed E-state index contributed by atoms with van der Waals surface area (Å²) in [6.45, 7) is 6.07. The lowest BCUT2D eigenvalue weighted by Crippen LogP contribution is -2.37. The van der Waals surface area contributed by atoms with Crippen molar-refractivity contribution in [3.05, 3.63) is 57.7 Å². The molecule has 2 heterocycles. The highest BCUT2D eigenvalue weighted by Crippen LogP contribution is 2.24.